The van der Waals surface area contributed by atoms with Crippen LogP contribution in [0, 0.1) is 0 Å². The predicted molar refractivity (Wildman–Crippen MR) is 39.4 cm³/mol. The maximum absolute atomic E-state index is 2.60. The molecule has 0 amide bonds. The van der Waals surface area contributed by atoms with Gasteiger partial charge in [-0.3, -0.25) is 0 Å². The van der Waals surface area contributed by atoms with Crippen LogP contribution in [0.2, 0.25) is 8.86 Å². The minimum atomic E-state index is -0.911. The van der Waals surface area contributed by atoms with Crippen molar-refractivity contribution in [2.24, 2.45) is 0 Å². The van der Waals surface area contributed by atoms with Gasteiger partial charge in [-0.25, -0.2) is 0 Å². The standard InChI is InChI=1S/C6H10.CH3.In/c1-4-5-6(2)3;;/h2H,1,4-5H2,3H3;1H3;. The van der Waals surface area contributed by atoms with E-state index in [4.69, 9.17) is 0 Å². The molecule has 0 unspecified atom stereocenters. The van der Waals surface area contributed by atoms with E-state index in [1.165, 1.54) is 12.8 Å². The first-order valence-electron chi connectivity index (χ1n) is 3.46. The van der Waals surface area contributed by atoms with Gasteiger partial charge in [-0.15, -0.1) is 0 Å². The molecule has 0 aromatic heterocycles. The Balaban J connectivity index is 2.50. The Kier molecular flexibility index (Phi) is 2.48. The molecule has 0 nitrogen and oxygen atoms in total. The van der Waals surface area contributed by atoms with E-state index in [0.717, 1.165) is 0 Å². The van der Waals surface area contributed by atoms with E-state index >= 15 is 0 Å². The van der Waals surface area contributed by atoms with Crippen molar-refractivity contribution in [2.75, 3.05) is 0 Å². The van der Waals surface area contributed by atoms with Gasteiger partial charge in [-0.2, -0.15) is 0 Å². The average Bonchev–Trinajstić information content (AvgIpc) is 1.64. The Morgan fingerprint density at radius 3 is 2.75 bits per heavy atom. The molecule has 1 heteroatoms. The minimum absolute atomic E-state index is 0.911. The van der Waals surface area contributed by atoms with E-state index in [1.54, 1.807) is 9.75 Å². The first kappa shape index (κ1) is 6.73. The third kappa shape index (κ3) is 1.85. The van der Waals surface area contributed by atoms with Gasteiger partial charge >= 0.3 is 59.5 Å². The second-order valence-corrected chi connectivity index (χ2v) is 11.1. The summed E-state index contributed by atoms with van der Waals surface area (Å²) in [4.78, 5) is 0. The zero-order chi connectivity index (χ0) is 5.98. The van der Waals surface area contributed by atoms with Crippen LogP contribution in [0.1, 0.15) is 19.8 Å². The molecule has 0 bridgehead atoms. The van der Waals surface area contributed by atoms with Gasteiger partial charge in [0.1, 0.15) is 0 Å². The summed E-state index contributed by atoms with van der Waals surface area (Å²) in [6.07, 6.45) is 2.89. The molecule has 1 rings (SSSR count). The summed E-state index contributed by atoms with van der Waals surface area (Å²) in [6, 6.07) is 0. The van der Waals surface area contributed by atoms with E-state index in [-0.39, 0.29) is 0 Å². The van der Waals surface area contributed by atoms with Crippen LogP contribution in [0.4, 0.5) is 0 Å². The molecule has 0 radical (unpaired) electrons. The summed E-state index contributed by atoms with van der Waals surface area (Å²) in [7, 11) is 0. The van der Waals surface area contributed by atoms with Crippen LogP contribution < -0.4 is 0 Å². The molecule has 0 saturated carbocycles. The van der Waals surface area contributed by atoms with E-state index in [0.29, 0.717) is 0 Å². The van der Waals surface area contributed by atoms with Crippen LogP contribution in [-0.2, 0) is 0 Å². The third-order valence-electron chi connectivity index (χ3n) is 1.80. The molecule has 0 fully saturated rings. The molecule has 0 N–H and O–H groups in total. The summed E-state index contributed by atoms with van der Waals surface area (Å²) in [6.45, 7) is 2.28. The average molecular weight is 212 g/mol. The van der Waals surface area contributed by atoms with Gasteiger partial charge < -0.3 is 0 Å². The van der Waals surface area contributed by atoms with Crippen LogP contribution in [0.15, 0.2) is 9.41 Å². The van der Waals surface area contributed by atoms with Crippen molar-refractivity contribution in [3.8, 4) is 0 Å². The van der Waals surface area contributed by atoms with Crippen LogP contribution in [0.25, 0.3) is 0 Å². The van der Waals surface area contributed by atoms with Crippen molar-refractivity contribution in [1.29, 1.82) is 0 Å². The van der Waals surface area contributed by atoms with Gasteiger partial charge in [-0.05, 0) is 0 Å². The molecule has 0 aromatic rings. The van der Waals surface area contributed by atoms with Crippen molar-refractivity contribution >= 4 is 21.4 Å². The van der Waals surface area contributed by atoms with Crippen molar-refractivity contribution in [3.63, 3.8) is 0 Å². The fourth-order valence-corrected chi connectivity index (χ4v) is 7.50. The molecule has 1 heterocycles. The number of hydrogen-bond acceptors (Lipinski definition) is 0. The first-order chi connectivity index (χ1) is 3.79. The molecule has 44 valence electrons. The van der Waals surface area contributed by atoms with Gasteiger partial charge in [-0.1, -0.05) is 0 Å². The van der Waals surface area contributed by atoms with Gasteiger partial charge in [0.25, 0.3) is 0 Å². The molecule has 8 heavy (non-hydrogen) atoms. The summed E-state index contributed by atoms with van der Waals surface area (Å²) < 4.78 is 6.72. The van der Waals surface area contributed by atoms with E-state index in [1.807, 2.05) is 0 Å². The SMILES string of the molecule is CC1=[CH][In]([CH3])[CH2]CC1. The van der Waals surface area contributed by atoms with Gasteiger partial charge in [0.15, 0.2) is 0 Å². The van der Waals surface area contributed by atoms with Gasteiger partial charge in [0.05, 0.1) is 0 Å². The predicted octanol–water partition coefficient (Wildman–Crippen LogP) is 2.39. The van der Waals surface area contributed by atoms with Crippen molar-refractivity contribution in [3.05, 3.63) is 9.41 Å². The Morgan fingerprint density at radius 2 is 2.38 bits per heavy atom. The summed E-state index contributed by atoms with van der Waals surface area (Å²) in [5, 5.41) is 0. The summed E-state index contributed by atoms with van der Waals surface area (Å²) in [5.74, 6) is 0. The zero-order valence-electron chi connectivity index (χ0n) is 5.78. The van der Waals surface area contributed by atoms with Crippen LogP contribution >= 0.6 is 0 Å². The van der Waals surface area contributed by atoms with Crippen molar-refractivity contribution in [1.82, 2.24) is 0 Å². The Labute approximate surface area is 59.5 Å². The molecular weight excluding hydrogens is 199 g/mol. The molecule has 0 spiro atoms. The molecule has 0 aliphatic carbocycles. The molecule has 1 aliphatic rings. The fraction of sp³-hybridized carbons (Fsp3) is 0.714. The summed E-state index contributed by atoms with van der Waals surface area (Å²) in [5.41, 5.74) is 1.68. The Bertz CT molecular complexity index is 105. The molecule has 1 aliphatic heterocycles. The monoisotopic (exact) mass is 212 g/mol. The molecule has 0 aromatic carbocycles. The van der Waals surface area contributed by atoms with Crippen molar-refractivity contribution < 1.29 is 0 Å². The van der Waals surface area contributed by atoms with Crippen molar-refractivity contribution in [2.45, 2.75) is 28.6 Å². The van der Waals surface area contributed by atoms with E-state index < -0.39 is 21.4 Å². The second kappa shape index (κ2) is 2.95. The molecular formula is C7H13In. The van der Waals surface area contributed by atoms with Crippen LogP contribution in [-0.4, -0.2) is 21.4 Å². The van der Waals surface area contributed by atoms with E-state index in [2.05, 4.69) is 15.4 Å². The fourth-order valence-electron chi connectivity index (χ4n) is 1.36. The molecule has 0 saturated heterocycles. The number of hydrogen-bond donors (Lipinski definition) is 0. The first-order valence-corrected chi connectivity index (χ1v) is 11.0. The quantitative estimate of drug-likeness (QED) is 0.578. The number of rotatable bonds is 0. The zero-order valence-corrected chi connectivity index (χ0v) is 9.07. The summed E-state index contributed by atoms with van der Waals surface area (Å²) >= 11 is -0.911. The van der Waals surface area contributed by atoms with Crippen LogP contribution in [0.3, 0.4) is 0 Å². The third-order valence-corrected chi connectivity index (χ3v) is 8.81. The van der Waals surface area contributed by atoms with Gasteiger partial charge in [0.2, 0.25) is 0 Å². The normalized spacial score (nSPS) is 20.8. The maximum atomic E-state index is 2.60. The molecule has 0 atom stereocenters. The Morgan fingerprint density at radius 1 is 1.62 bits per heavy atom. The van der Waals surface area contributed by atoms with E-state index in [9.17, 15) is 0 Å². The topological polar surface area (TPSA) is 0 Å². The second-order valence-electron chi connectivity index (χ2n) is 2.88. The number of allylic oxidation sites excluding steroid dienone is 1. The van der Waals surface area contributed by atoms with Gasteiger partial charge in [0, 0.05) is 0 Å². The van der Waals surface area contributed by atoms with Crippen LogP contribution in [0.5, 0.6) is 0 Å². The Hall–Kier alpha value is 0.610.